The van der Waals surface area contributed by atoms with E-state index in [1.165, 1.54) is 5.57 Å². The fraction of sp³-hybridized carbons (Fsp3) is 0.833. The van der Waals surface area contributed by atoms with Gasteiger partial charge in [-0.15, -0.1) is 0 Å². The van der Waals surface area contributed by atoms with Gasteiger partial charge in [0.1, 0.15) is 7.85 Å². The maximum absolute atomic E-state index is 5.92. The van der Waals surface area contributed by atoms with Gasteiger partial charge in [-0.2, -0.15) is 0 Å². The smallest absolute Gasteiger partial charge is 0.140 e. The van der Waals surface area contributed by atoms with Gasteiger partial charge in [-0.05, 0) is 19.8 Å². The third-order valence-corrected chi connectivity index (χ3v) is 2.86. The summed E-state index contributed by atoms with van der Waals surface area (Å²) in [4.78, 5) is 2.49. The average molecular weight is 209 g/mol. The fourth-order valence-corrected chi connectivity index (χ4v) is 1.91. The van der Waals surface area contributed by atoms with E-state index < -0.39 is 0 Å². The van der Waals surface area contributed by atoms with E-state index in [2.05, 4.69) is 46.5 Å². The molecule has 15 heavy (non-hydrogen) atoms. The Morgan fingerprint density at radius 2 is 2.13 bits per heavy atom. The summed E-state index contributed by atoms with van der Waals surface area (Å²) in [6.07, 6.45) is 2.70. The highest BCUT2D eigenvalue weighted by atomic mass is 16.5. The predicted octanol–water partition coefficient (Wildman–Crippen LogP) is 1.27. The summed E-state index contributed by atoms with van der Waals surface area (Å²) in [5.74, 6) is 0.613. The van der Waals surface area contributed by atoms with Crippen molar-refractivity contribution < 1.29 is 4.74 Å². The topological polar surface area (TPSA) is 12.5 Å². The van der Waals surface area contributed by atoms with Crippen molar-refractivity contribution in [3.05, 3.63) is 11.6 Å². The molecule has 0 amide bonds. The summed E-state index contributed by atoms with van der Waals surface area (Å²) in [6.45, 7) is 12.0. The second-order valence-corrected chi connectivity index (χ2v) is 5.23. The molecular formula is C12H24BNO. The minimum Gasteiger partial charge on any atom is -0.381 e. The van der Waals surface area contributed by atoms with Gasteiger partial charge < -0.3 is 4.74 Å². The van der Waals surface area contributed by atoms with Gasteiger partial charge in [0.05, 0.1) is 6.10 Å². The Labute approximate surface area is 95.1 Å². The summed E-state index contributed by atoms with van der Waals surface area (Å²) >= 11 is 0. The second kappa shape index (κ2) is 5.71. The van der Waals surface area contributed by atoms with Crippen molar-refractivity contribution in [3.8, 4) is 0 Å². The van der Waals surface area contributed by atoms with Crippen LogP contribution >= 0.6 is 0 Å². The van der Waals surface area contributed by atoms with E-state index >= 15 is 0 Å². The van der Waals surface area contributed by atoms with E-state index in [1.54, 1.807) is 0 Å². The number of nitrogens with zero attached hydrogens (tertiary/aromatic N) is 1. The standard InChI is InChI=1S/C12H24BNO/c1-9(2)5-6-14-7-11(10(3)4)15-12(13)8-14/h5,10-12H,6-8,13H2,1-4H3. The van der Waals surface area contributed by atoms with Gasteiger partial charge in [0.15, 0.2) is 0 Å². The quantitative estimate of drug-likeness (QED) is 0.512. The van der Waals surface area contributed by atoms with Crippen LogP contribution in [0, 0.1) is 5.92 Å². The van der Waals surface area contributed by atoms with Crippen LogP contribution in [0.15, 0.2) is 11.6 Å². The van der Waals surface area contributed by atoms with Gasteiger partial charge in [0.2, 0.25) is 0 Å². The van der Waals surface area contributed by atoms with Gasteiger partial charge in [-0.1, -0.05) is 25.5 Å². The Bertz CT molecular complexity index is 224. The molecule has 1 aliphatic heterocycles. The van der Waals surface area contributed by atoms with Gasteiger partial charge in [-0.25, -0.2) is 0 Å². The number of rotatable bonds is 3. The molecule has 3 heteroatoms. The van der Waals surface area contributed by atoms with Crippen molar-refractivity contribution in [1.82, 2.24) is 4.90 Å². The van der Waals surface area contributed by atoms with Crippen LogP contribution in [0.25, 0.3) is 0 Å². The Morgan fingerprint density at radius 3 is 2.67 bits per heavy atom. The molecule has 0 spiro atoms. The lowest BCUT2D eigenvalue weighted by atomic mass is 9.95. The average Bonchev–Trinajstić information content (AvgIpc) is 2.13. The van der Waals surface area contributed by atoms with Gasteiger partial charge in [0, 0.05) is 25.6 Å². The zero-order chi connectivity index (χ0) is 11.4. The van der Waals surface area contributed by atoms with Crippen molar-refractivity contribution in [3.63, 3.8) is 0 Å². The molecular weight excluding hydrogens is 185 g/mol. The van der Waals surface area contributed by atoms with Crippen LogP contribution in [-0.4, -0.2) is 44.5 Å². The first-order chi connectivity index (χ1) is 6.99. The SMILES string of the molecule is BC1CN(CC=C(C)C)CC(C(C)C)O1. The second-order valence-electron chi connectivity index (χ2n) is 5.23. The molecule has 0 aliphatic carbocycles. The summed E-state index contributed by atoms with van der Waals surface area (Å²) in [5, 5.41) is 0. The highest BCUT2D eigenvalue weighted by Gasteiger charge is 2.26. The molecule has 1 rings (SSSR count). The van der Waals surface area contributed by atoms with Crippen molar-refractivity contribution >= 4 is 7.85 Å². The third-order valence-electron chi connectivity index (χ3n) is 2.86. The molecule has 0 N–H and O–H groups in total. The lowest BCUT2D eigenvalue weighted by Gasteiger charge is -2.38. The van der Waals surface area contributed by atoms with E-state index in [-0.39, 0.29) is 0 Å². The van der Waals surface area contributed by atoms with Crippen LogP contribution in [0.1, 0.15) is 27.7 Å². The van der Waals surface area contributed by atoms with Crippen molar-refractivity contribution in [2.45, 2.75) is 39.8 Å². The van der Waals surface area contributed by atoms with Gasteiger partial charge in [-0.3, -0.25) is 4.90 Å². The maximum atomic E-state index is 5.92. The molecule has 0 aromatic heterocycles. The fourth-order valence-electron chi connectivity index (χ4n) is 1.91. The van der Waals surface area contributed by atoms with Crippen molar-refractivity contribution in [2.24, 2.45) is 5.92 Å². The molecule has 2 atom stereocenters. The first kappa shape index (κ1) is 12.8. The van der Waals surface area contributed by atoms with Gasteiger partial charge in [0.25, 0.3) is 0 Å². The summed E-state index contributed by atoms with van der Waals surface area (Å²) < 4.78 is 5.92. The molecule has 0 radical (unpaired) electrons. The number of morpholine rings is 1. The number of hydrogen-bond acceptors (Lipinski definition) is 2. The zero-order valence-corrected chi connectivity index (χ0v) is 10.8. The van der Waals surface area contributed by atoms with E-state index in [0.29, 0.717) is 18.0 Å². The molecule has 2 nitrogen and oxygen atoms in total. The molecule has 0 aromatic rings. The van der Waals surface area contributed by atoms with Crippen LogP contribution in [0.5, 0.6) is 0 Å². The number of ether oxygens (including phenoxy) is 1. The molecule has 1 fully saturated rings. The molecule has 2 unspecified atom stereocenters. The minimum absolute atomic E-state index is 0.372. The molecule has 0 aromatic carbocycles. The zero-order valence-electron chi connectivity index (χ0n) is 10.8. The first-order valence-corrected chi connectivity index (χ1v) is 6.00. The molecule has 1 heterocycles. The van der Waals surface area contributed by atoms with E-state index in [1.807, 2.05) is 0 Å². The highest BCUT2D eigenvalue weighted by molar-refractivity contribution is 6.11. The van der Waals surface area contributed by atoms with Crippen LogP contribution in [-0.2, 0) is 4.74 Å². The summed E-state index contributed by atoms with van der Waals surface area (Å²) in [5.41, 5.74) is 1.40. The summed E-state index contributed by atoms with van der Waals surface area (Å²) in [6, 6.07) is 0.372. The lowest BCUT2D eigenvalue weighted by molar-refractivity contribution is -0.0668. The largest absolute Gasteiger partial charge is 0.381 e. The number of allylic oxidation sites excluding steroid dienone is 1. The van der Waals surface area contributed by atoms with E-state index in [0.717, 1.165) is 19.6 Å². The van der Waals surface area contributed by atoms with Crippen molar-refractivity contribution in [2.75, 3.05) is 19.6 Å². The Balaban J connectivity index is 2.48. The molecule has 86 valence electrons. The molecule has 1 saturated heterocycles. The summed E-state index contributed by atoms with van der Waals surface area (Å²) in [7, 11) is 2.17. The number of hydrogen-bond donors (Lipinski definition) is 0. The molecule has 1 aliphatic rings. The monoisotopic (exact) mass is 209 g/mol. The Morgan fingerprint density at radius 1 is 1.47 bits per heavy atom. The maximum Gasteiger partial charge on any atom is 0.140 e. The van der Waals surface area contributed by atoms with Crippen LogP contribution < -0.4 is 0 Å². The predicted molar refractivity (Wildman–Crippen MR) is 67.9 cm³/mol. The Hall–Kier alpha value is -0.275. The van der Waals surface area contributed by atoms with Gasteiger partial charge >= 0.3 is 0 Å². The van der Waals surface area contributed by atoms with Crippen LogP contribution in [0.4, 0.5) is 0 Å². The van der Waals surface area contributed by atoms with Crippen LogP contribution in [0.3, 0.4) is 0 Å². The Kier molecular flexibility index (Phi) is 4.87. The third kappa shape index (κ3) is 4.39. The molecule has 0 bridgehead atoms. The minimum atomic E-state index is 0.372. The normalized spacial score (nSPS) is 28.1. The van der Waals surface area contributed by atoms with E-state index in [9.17, 15) is 0 Å². The van der Waals surface area contributed by atoms with Crippen LogP contribution in [0.2, 0.25) is 0 Å². The lowest BCUT2D eigenvalue weighted by Crippen LogP contribution is -2.49. The first-order valence-electron chi connectivity index (χ1n) is 6.00. The molecule has 0 saturated carbocycles. The van der Waals surface area contributed by atoms with Crippen molar-refractivity contribution in [1.29, 1.82) is 0 Å². The highest BCUT2D eigenvalue weighted by Crippen LogP contribution is 2.16. The van der Waals surface area contributed by atoms with E-state index in [4.69, 9.17) is 4.74 Å².